The van der Waals surface area contributed by atoms with E-state index >= 15 is 0 Å². The van der Waals surface area contributed by atoms with Gasteiger partial charge in [-0.2, -0.15) is 0 Å². The molecule has 2 aliphatic heterocycles. The summed E-state index contributed by atoms with van der Waals surface area (Å²) >= 11 is 0. The summed E-state index contributed by atoms with van der Waals surface area (Å²) in [4.78, 5) is 11.2. The summed E-state index contributed by atoms with van der Waals surface area (Å²) in [6.45, 7) is 8.21. The zero-order valence-corrected chi connectivity index (χ0v) is 15.3. The zero-order valence-electron chi connectivity index (χ0n) is 15.3. The Hall–Kier alpha value is -1.39. The van der Waals surface area contributed by atoms with Gasteiger partial charge in [-0.15, -0.1) is 0 Å². The molecule has 0 saturated carbocycles. The summed E-state index contributed by atoms with van der Waals surface area (Å²) in [6, 6.07) is 0. The first-order valence-corrected chi connectivity index (χ1v) is 8.82. The Morgan fingerprint density at radius 3 is 2.58 bits per heavy atom. The summed E-state index contributed by atoms with van der Waals surface area (Å²) < 4.78 is 10.5. The Morgan fingerprint density at radius 2 is 1.96 bits per heavy atom. The SMILES string of the molecule is CC(C)=C[C@@H](O)C/C(C)=C/CC/C(C)=C/CC[C@@]12CC(=O)O[C@@H]1O2. The minimum atomic E-state index is -0.384. The van der Waals surface area contributed by atoms with Crippen LogP contribution in [-0.2, 0) is 14.3 Å². The molecule has 0 radical (unpaired) electrons. The number of allylic oxidation sites excluding steroid dienone is 4. The number of esters is 1. The Bertz CT molecular complexity index is 554. The van der Waals surface area contributed by atoms with Crippen LogP contribution < -0.4 is 0 Å². The van der Waals surface area contributed by atoms with Gasteiger partial charge in [0, 0.05) is 0 Å². The van der Waals surface area contributed by atoms with Gasteiger partial charge in [0.15, 0.2) is 0 Å². The van der Waals surface area contributed by atoms with Crippen LogP contribution >= 0.6 is 0 Å². The lowest BCUT2D eigenvalue weighted by molar-refractivity contribution is -0.147. The molecule has 0 aromatic heterocycles. The quantitative estimate of drug-likeness (QED) is 0.390. The maximum atomic E-state index is 11.2. The largest absolute Gasteiger partial charge is 0.432 e. The van der Waals surface area contributed by atoms with Gasteiger partial charge in [-0.3, -0.25) is 4.79 Å². The minimum Gasteiger partial charge on any atom is -0.432 e. The molecule has 1 N–H and O–H groups in total. The molecule has 2 aliphatic rings. The number of carbonyl (C=O) groups excluding carboxylic acids is 1. The number of aliphatic hydroxyl groups excluding tert-OH is 1. The lowest BCUT2D eigenvalue weighted by Gasteiger charge is -2.07. The molecule has 0 bridgehead atoms. The van der Waals surface area contributed by atoms with Gasteiger partial charge in [-0.1, -0.05) is 34.9 Å². The summed E-state index contributed by atoms with van der Waals surface area (Å²) in [7, 11) is 0. The van der Waals surface area contributed by atoms with E-state index in [1.54, 1.807) is 0 Å². The van der Waals surface area contributed by atoms with Crippen LogP contribution in [0.25, 0.3) is 0 Å². The standard InChI is InChI=1S/C20H30O4/c1-14(2)11-17(21)12-16(4)8-5-7-15(3)9-6-10-20-13-18(22)23-19(20)24-20/h8-9,11,17,19,21H,5-7,10,12-13H2,1-4H3/b15-9+,16-8+/t17-,19-,20-/m1/s1. The van der Waals surface area contributed by atoms with E-state index in [0.717, 1.165) is 31.3 Å². The van der Waals surface area contributed by atoms with E-state index in [0.29, 0.717) is 12.8 Å². The molecular weight excluding hydrogens is 304 g/mol. The number of hydrogen-bond acceptors (Lipinski definition) is 4. The fraction of sp³-hybridized carbons (Fsp3) is 0.650. The van der Waals surface area contributed by atoms with E-state index in [-0.39, 0.29) is 24.0 Å². The normalized spacial score (nSPS) is 27.5. The fourth-order valence-corrected chi connectivity index (χ4v) is 3.17. The number of ether oxygens (including phenoxy) is 2. The highest BCUT2D eigenvalue weighted by atomic mass is 16.8. The minimum absolute atomic E-state index is 0.136. The van der Waals surface area contributed by atoms with Crippen molar-refractivity contribution >= 4 is 5.97 Å². The van der Waals surface area contributed by atoms with E-state index in [2.05, 4.69) is 26.0 Å². The summed E-state index contributed by atoms with van der Waals surface area (Å²) in [5, 5.41) is 9.89. The average Bonchev–Trinajstić information content (AvgIpc) is 2.99. The Morgan fingerprint density at radius 1 is 1.25 bits per heavy atom. The van der Waals surface area contributed by atoms with Crippen molar-refractivity contribution in [3.8, 4) is 0 Å². The van der Waals surface area contributed by atoms with E-state index in [1.165, 1.54) is 11.1 Å². The number of hydrogen-bond donors (Lipinski definition) is 1. The van der Waals surface area contributed by atoms with Crippen molar-refractivity contribution in [1.82, 2.24) is 0 Å². The maximum Gasteiger partial charge on any atom is 0.311 e. The highest BCUT2D eigenvalue weighted by molar-refractivity contribution is 5.74. The third-order valence-corrected chi connectivity index (χ3v) is 4.54. The van der Waals surface area contributed by atoms with Gasteiger partial charge in [0.1, 0.15) is 5.60 Å². The molecule has 2 fully saturated rings. The molecule has 24 heavy (non-hydrogen) atoms. The van der Waals surface area contributed by atoms with Gasteiger partial charge >= 0.3 is 5.97 Å². The molecule has 3 atom stereocenters. The molecule has 2 saturated heterocycles. The van der Waals surface area contributed by atoms with E-state index in [9.17, 15) is 9.90 Å². The van der Waals surface area contributed by atoms with Crippen molar-refractivity contribution in [3.63, 3.8) is 0 Å². The summed E-state index contributed by atoms with van der Waals surface area (Å²) in [5.74, 6) is -0.136. The third-order valence-electron chi connectivity index (χ3n) is 4.54. The monoisotopic (exact) mass is 334 g/mol. The van der Waals surface area contributed by atoms with Crippen molar-refractivity contribution in [1.29, 1.82) is 0 Å². The predicted octanol–water partition coefficient (Wildman–Crippen LogP) is 4.20. The van der Waals surface area contributed by atoms with Crippen molar-refractivity contribution in [3.05, 3.63) is 34.9 Å². The van der Waals surface area contributed by atoms with Crippen LogP contribution in [0.15, 0.2) is 34.9 Å². The van der Waals surface area contributed by atoms with Crippen LogP contribution in [0.4, 0.5) is 0 Å². The third kappa shape index (κ3) is 5.60. The lowest BCUT2D eigenvalue weighted by Crippen LogP contribution is -2.10. The van der Waals surface area contributed by atoms with Gasteiger partial charge < -0.3 is 14.6 Å². The van der Waals surface area contributed by atoms with Crippen LogP contribution in [0, 0.1) is 0 Å². The molecule has 4 nitrogen and oxygen atoms in total. The smallest absolute Gasteiger partial charge is 0.311 e. The predicted molar refractivity (Wildman–Crippen MR) is 94.3 cm³/mol. The van der Waals surface area contributed by atoms with E-state index < -0.39 is 0 Å². The number of carbonyl (C=O) groups is 1. The van der Waals surface area contributed by atoms with E-state index in [4.69, 9.17) is 9.47 Å². The average molecular weight is 334 g/mol. The fourth-order valence-electron chi connectivity index (χ4n) is 3.17. The first-order chi connectivity index (χ1) is 11.3. The molecule has 0 unspecified atom stereocenters. The first-order valence-electron chi connectivity index (χ1n) is 8.82. The topological polar surface area (TPSA) is 59.1 Å². The second kappa shape index (κ2) is 8.13. The van der Waals surface area contributed by atoms with Crippen LogP contribution in [-0.4, -0.2) is 29.1 Å². The highest BCUT2D eigenvalue weighted by Gasteiger charge is 2.65. The Kier molecular flexibility index (Phi) is 6.41. The molecule has 134 valence electrons. The molecule has 0 aliphatic carbocycles. The maximum absolute atomic E-state index is 11.2. The summed E-state index contributed by atoms with van der Waals surface area (Å²) in [5.41, 5.74) is 3.40. The first kappa shape index (κ1) is 18.9. The molecule has 2 heterocycles. The van der Waals surface area contributed by atoms with Crippen LogP contribution in [0.1, 0.15) is 66.2 Å². The number of epoxide rings is 1. The van der Waals surface area contributed by atoms with Gasteiger partial charge in [0.05, 0.1) is 12.5 Å². The lowest BCUT2D eigenvalue weighted by atomic mass is 9.99. The second-order valence-corrected chi connectivity index (χ2v) is 7.37. The summed E-state index contributed by atoms with van der Waals surface area (Å²) in [6.07, 6.45) is 10.5. The van der Waals surface area contributed by atoms with Gasteiger partial charge in [0.2, 0.25) is 6.29 Å². The van der Waals surface area contributed by atoms with Crippen LogP contribution in [0.5, 0.6) is 0 Å². The number of rotatable bonds is 9. The highest BCUT2D eigenvalue weighted by Crippen LogP contribution is 2.49. The van der Waals surface area contributed by atoms with Gasteiger partial charge in [-0.25, -0.2) is 0 Å². The van der Waals surface area contributed by atoms with Crippen molar-refractivity contribution in [2.24, 2.45) is 0 Å². The molecule has 0 aromatic carbocycles. The van der Waals surface area contributed by atoms with Crippen LogP contribution in [0.2, 0.25) is 0 Å². The molecule has 0 amide bonds. The van der Waals surface area contributed by atoms with E-state index in [1.807, 2.05) is 19.9 Å². The Labute approximate surface area is 145 Å². The van der Waals surface area contributed by atoms with Gasteiger partial charge in [-0.05, 0) is 59.8 Å². The number of aliphatic hydroxyl groups is 1. The van der Waals surface area contributed by atoms with Crippen molar-refractivity contribution in [2.75, 3.05) is 0 Å². The number of fused-ring (bicyclic) bond motifs is 1. The van der Waals surface area contributed by atoms with Crippen molar-refractivity contribution < 1.29 is 19.4 Å². The Balaban J connectivity index is 1.65. The zero-order chi connectivity index (χ0) is 17.7. The molecular formula is C20H30O4. The van der Waals surface area contributed by atoms with Gasteiger partial charge in [0.25, 0.3) is 0 Å². The van der Waals surface area contributed by atoms with Crippen molar-refractivity contribution in [2.45, 2.75) is 84.2 Å². The molecule has 0 spiro atoms. The van der Waals surface area contributed by atoms with Crippen LogP contribution in [0.3, 0.4) is 0 Å². The molecule has 0 aromatic rings. The molecule has 2 rings (SSSR count). The molecule has 4 heteroatoms. The second-order valence-electron chi connectivity index (χ2n) is 7.37.